The zero-order valence-electron chi connectivity index (χ0n) is 14.1. The van der Waals surface area contributed by atoms with E-state index in [1.165, 1.54) is 23.5 Å². The van der Waals surface area contributed by atoms with E-state index < -0.39 is 10.0 Å². The molecule has 1 aromatic carbocycles. The average Bonchev–Trinajstić information content (AvgIpc) is 3.13. The second kappa shape index (κ2) is 9.46. The van der Waals surface area contributed by atoms with Crippen LogP contribution < -0.4 is 15.8 Å². The summed E-state index contributed by atoms with van der Waals surface area (Å²) in [5.41, 5.74) is 0.904. The van der Waals surface area contributed by atoms with Crippen molar-refractivity contribution in [2.75, 3.05) is 13.1 Å². The lowest BCUT2D eigenvalue weighted by atomic mass is 10.1. The molecule has 26 heavy (non-hydrogen) atoms. The Morgan fingerprint density at radius 1 is 1.04 bits per heavy atom. The van der Waals surface area contributed by atoms with Crippen molar-refractivity contribution in [3.05, 3.63) is 52.2 Å². The molecule has 0 bridgehead atoms. The van der Waals surface area contributed by atoms with Crippen molar-refractivity contribution >= 4 is 33.2 Å². The summed E-state index contributed by atoms with van der Waals surface area (Å²) in [4.78, 5) is 24.2. The Morgan fingerprint density at radius 2 is 1.77 bits per heavy atom. The normalized spacial score (nSPS) is 11.1. The van der Waals surface area contributed by atoms with Gasteiger partial charge >= 0.3 is 0 Å². The molecule has 1 aromatic heterocycles. The van der Waals surface area contributed by atoms with Crippen molar-refractivity contribution in [1.82, 2.24) is 10.6 Å². The molecule has 7 nitrogen and oxygen atoms in total. The van der Waals surface area contributed by atoms with E-state index in [0.717, 1.165) is 5.56 Å². The number of rotatable bonds is 9. The number of nitrogens with one attached hydrogen (secondary N) is 2. The molecule has 4 N–H and O–H groups in total. The Hall–Kier alpha value is -2.23. The largest absolute Gasteiger partial charge is 0.356 e. The second-order valence-electron chi connectivity index (χ2n) is 5.63. The number of thiophene rings is 1. The predicted molar refractivity (Wildman–Crippen MR) is 100 cm³/mol. The number of nitrogens with two attached hydrogens (primary N) is 1. The quantitative estimate of drug-likeness (QED) is 0.554. The highest BCUT2D eigenvalue weighted by Gasteiger charge is 2.08. The van der Waals surface area contributed by atoms with Gasteiger partial charge < -0.3 is 10.6 Å². The number of hydrogen-bond acceptors (Lipinski definition) is 5. The Kier molecular flexibility index (Phi) is 7.31. The molecule has 0 saturated heterocycles. The van der Waals surface area contributed by atoms with E-state index >= 15 is 0 Å². The van der Waals surface area contributed by atoms with Gasteiger partial charge in [0.05, 0.1) is 9.77 Å². The molecular formula is C17H21N3O4S2. The van der Waals surface area contributed by atoms with Crippen LogP contribution in [0.2, 0.25) is 0 Å². The maximum atomic E-state index is 11.8. The molecule has 2 aromatic rings. The van der Waals surface area contributed by atoms with Gasteiger partial charge in [-0.15, -0.1) is 11.3 Å². The van der Waals surface area contributed by atoms with Gasteiger partial charge in [0.15, 0.2) is 0 Å². The fourth-order valence-electron chi connectivity index (χ4n) is 2.23. The summed E-state index contributed by atoms with van der Waals surface area (Å²) in [6.07, 6.45) is 1.48. The number of carbonyl (C=O) groups excluding carboxylic acids is 2. The van der Waals surface area contributed by atoms with Gasteiger partial charge in [0.1, 0.15) is 0 Å². The van der Waals surface area contributed by atoms with Gasteiger partial charge in [-0.2, -0.15) is 0 Å². The first-order valence-electron chi connectivity index (χ1n) is 8.06. The smallest absolute Gasteiger partial charge is 0.261 e. The van der Waals surface area contributed by atoms with E-state index in [4.69, 9.17) is 5.14 Å². The van der Waals surface area contributed by atoms with E-state index in [9.17, 15) is 18.0 Å². The Balaban J connectivity index is 1.61. The number of amides is 2. The van der Waals surface area contributed by atoms with Crippen LogP contribution >= 0.6 is 11.3 Å². The zero-order valence-corrected chi connectivity index (χ0v) is 15.7. The number of carbonyl (C=O) groups is 2. The molecule has 9 heteroatoms. The molecule has 0 radical (unpaired) electrons. The third-order valence-electron chi connectivity index (χ3n) is 3.60. The van der Waals surface area contributed by atoms with Crippen LogP contribution in [0.5, 0.6) is 0 Å². The van der Waals surface area contributed by atoms with Crippen LogP contribution in [-0.4, -0.2) is 33.3 Å². The molecule has 0 aliphatic heterocycles. The molecule has 0 aliphatic rings. The van der Waals surface area contributed by atoms with Gasteiger partial charge in [-0.1, -0.05) is 18.2 Å². The standard InChI is InChI=1S/C17H21N3O4S2/c18-26(23,24)14-7-5-13(6-8-14)9-11-19-16(21)4-1-10-20-17(22)15-3-2-12-25-15/h2-3,5-8,12H,1,4,9-11H2,(H,19,21)(H,20,22)(H2,18,23,24). The van der Waals surface area contributed by atoms with Crippen LogP contribution in [0.3, 0.4) is 0 Å². The summed E-state index contributed by atoms with van der Waals surface area (Å²) in [5, 5.41) is 12.4. The lowest BCUT2D eigenvalue weighted by Gasteiger charge is -2.07. The molecule has 2 amide bonds. The first-order chi connectivity index (χ1) is 12.4. The highest BCUT2D eigenvalue weighted by Crippen LogP contribution is 2.09. The fraction of sp³-hybridized carbons (Fsp3) is 0.294. The minimum absolute atomic E-state index is 0.0647. The van der Waals surface area contributed by atoms with Crippen LogP contribution in [0.15, 0.2) is 46.7 Å². The van der Waals surface area contributed by atoms with Gasteiger partial charge in [0.25, 0.3) is 5.91 Å². The molecule has 1 heterocycles. The lowest BCUT2D eigenvalue weighted by molar-refractivity contribution is -0.121. The van der Waals surface area contributed by atoms with E-state index in [-0.39, 0.29) is 16.7 Å². The molecule has 0 fully saturated rings. The highest BCUT2D eigenvalue weighted by atomic mass is 32.2. The average molecular weight is 396 g/mol. The summed E-state index contributed by atoms with van der Waals surface area (Å²) in [5.74, 6) is -0.208. The minimum Gasteiger partial charge on any atom is -0.356 e. The zero-order chi connectivity index (χ0) is 19.0. The molecule has 0 aliphatic carbocycles. The van der Waals surface area contributed by atoms with Crippen molar-refractivity contribution in [1.29, 1.82) is 0 Å². The number of benzene rings is 1. The first kappa shape index (κ1) is 20.1. The van der Waals surface area contributed by atoms with Crippen LogP contribution in [0.1, 0.15) is 28.1 Å². The van der Waals surface area contributed by atoms with E-state index in [0.29, 0.717) is 37.2 Å². The van der Waals surface area contributed by atoms with Gasteiger partial charge in [-0.3, -0.25) is 9.59 Å². The van der Waals surface area contributed by atoms with E-state index in [2.05, 4.69) is 10.6 Å². The molecule has 0 saturated carbocycles. The van der Waals surface area contributed by atoms with E-state index in [1.807, 2.05) is 11.4 Å². The predicted octanol–water partition coefficient (Wildman–Crippen LogP) is 1.26. The maximum Gasteiger partial charge on any atom is 0.261 e. The van der Waals surface area contributed by atoms with Crippen molar-refractivity contribution in [3.63, 3.8) is 0 Å². The maximum absolute atomic E-state index is 11.8. The third-order valence-corrected chi connectivity index (χ3v) is 5.40. The van der Waals surface area contributed by atoms with Crippen molar-refractivity contribution < 1.29 is 18.0 Å². The van der Waals surface area contributed by atoms with Crippen LogP contribution in [0.25, 0.3) is 0 Å². The Labute approximate surface area is 156 Å². The highest BCUT2D eigenvalue weighted by molar-refractivity contribution is 7.89. The summed E-state index contributed by atoms with van der Waals surface area (Å²) >= 11 is 1.37. The molecule has 140 valence electrons. The monoisotopic (exact) mass is 395 g/mol. The summed E-state index contributed by atoms with van der Waals surface area (Å²) < 4.78 is 22.4. The van der Waals surface area contributed by atoms with Gasteiger partial charge in [0, 0.05) is 19.5 Å². The van der Waals surface area contributed by atoms with E-state index in [1.54, 1.807) is 18.2 Å². The Bertz CT molecular complexity index is 831. The van der Waals surface area contributed by atoms with Crippen LogP contribution in [0, 0.1) is 0 Å². The van der Waals surface area contributed by atoms with Crippen molar-refractivity contribution in [3.8, 4) is 0 Å². The van der Waals surface area contributed by atoms with Crippen LogP contribution in [-0.2, 0) is 21.2 Å². The molecular weight excluding hydrogens is 374 g/mol. The number of primary sulfonamides is 1. The number of sulfonamides is 1. The molecule has 0 spiro atoms. The summed E-state index contributed by atoms with van der Waals surface area (Å²) in [6, 6.07) is 9.81. The third kappa shape index (κ3) is 6.58. The number of hydrogen-bond donors (Lipinski definition) is 3. The summed E-state index contributed by atoms with van der Waals surface area (Å²) in [7, 11) is -3.69. The van der Waals surface area contributed by atoms with Crippen LogP contribution in [0.4, 0.5) is 0 Å². The minimum atomic E-state index is -3.69. The van der Waals surface area contributed by atoms with Crippen molar-refractivity contribution in [2.45, 2.75) is 24.2 Å². The van der Waals surface area contributed by atoms with Gasteiger partial charge in [-0.25, -0.2) is 13.6 Å². The van der Waals surface area contributed by atoms with Crippen molar-refractivity contribution in [2.24, 2.45) is 5.14 Å². The SMILES string of the molecule is NS(=O)(=O)c1ccc(CCNC(=O)CCCNC(=O)c2cccs2)cc1. The molecule has 0 unspecified atom stereocenters. The fourth-order valence-corrected chi connectivity index (χ4v) is 3.38. The lowest BCUT2D eigenvalue weighted by Crippen LogP contribution is -2.28. The molecule has 0 atom stereocenters. The van der Waals surface area contributed by atoms with Gasteiger partial charge in [0.2, 0.25) is 15.9 Å². The molecule has 2 rings (SSSR count). The summed E-state index contributed by atoms with van der Waals surface area (Å²) in [6.45, 7) is 0.897. The Morgan fingerprint density at radius 3 is 2.38 bits per heavy atom. The van der Waals surface area contributed by atoms with Gasteiger partial charge in [-0.05, 0) is 42.0 Å². The second-order valence-corrected chi connectivity index (χ2v) is 8.13. The first-order valence-corrected chi connectivity index (χ1v) is 10.5. The topological polar surface area (TPSA) is 118 Å².